The summed E-state index contributed by atoms with van der Waals surface area (Å²) in [5, 5.41) is 10.9. The summed E-state index contributed by atoms with van der Waals surface area (Å²) in [6, 6.07) is 6.41. The largest absolute Gasteiger partial charge is 0.446 e. The predicted octanol–water partition coefficient (Wildman–Crippen LogP) is 4.80. The molecule has 0 bridgehead atoms. The first kappa shape index (κ1) is 27.0. The maximum absolute atomic E-state index is 12.2. The van der Waals surface area contributed by atoms with Crippen LogP contribution >= 0.6 is 0 Å². The van der Waals surface area contributed by atoms with Crippen LogP contribution in [0.25, 0.3) is 0 Å². The van der Waals surface area contributed by atoms with Crippen LogP contribution in [0, 0.1) is 0 Å². The normalized spacial score (nSPS) is 18.5. The minimum Gasteiger partial charge on any atom is -0.446 e. The molecule has 2 unspecified atom stereocenters. The van der Waals surface area contributed by atoms with Crippen molar-refractivity contribution in [2.24, 2.45) is 7.05 Å². The highest BCUT2D eigenvalue weighted by Crippen LogP contribution is 2.37. The van der Waals surface area contributed by atoms with Gasteiger partial charge >= 0.3 is 6.09 Å². The van der Waals surface area contributed by atoms with E-state index in [1.165, 1.54) is 10.6 Å². The molecule has 2 aromatic heterocycles. The Balaban J connectivity index is 1.71. The highest BCUT2D eigenvalue weighted by molar-refractivity contribution is 6.76. The quantitative estimate of drug-likeness (QED) is 0.377. The van der Waals surface area contributed by atoms with Crippen molar-refractivity contribution in [3.8, 4) is 0 Å². The third-order valence-corrected chi connectivity index (χ3v) is 7.64. The number of aromatic nitrogens is 3. The molecule has 0 radical (unpaired) electrons. The number of hydrogen-bond acceptors (Lipinski definition) is 6. The molecule has 1 fully saturated rings. The predicted molar refractivity (Wildman–Crippen MR) is 141 cm³/mol. The maximum Gasteiger partial charge on any atom is 0.407 e. The van der Waals surface area contributed by atoms with Crippen molar-refractivity contribution in [2.45, 2.75) is 90.0 Å². The lowest BCUT2D eigenvalue weighted by Crippen LogP contribution is -2.42. The molecule has 1 aliphatic rings. The van der Waals surface area contributed by atoms with Crippen LogP contribution in [0.3, 0.4) is 0 Å². The summed E-state index contributed by atoms with van der Waals surface area (Å²) in [6.07, 6.45) is 3.72. The Morgan fingerprint density at radius 1 is 1.23 bits per heavy atom. The third kappa shape index (κ3) is 8.54. The lowest BCUT2D eigenvalue weighted by Gasteiger charge is -2.22. The molecule has 10 heteroatoms. The number of nitrogens with one attached hydrogen (secondary N) is 2. The van der Waals surface area contributed by atoms with Crippen LogP contribution in [0.5, 0.6) is 0 Å². The molecule has 194 valence electrons. The maximum atomic E-state index is 12.2. The molecule has 0 aliphatic heterocycles. The minimum atomic E-state index is -1.18. The second kappa shape index (κ2) is 11.0. The average Bonchev–Trinajstić information content (AvgIpc) is 3.32. The van der Waals surface area contributed by atoms with Crippen LogP contribution in [0.4, 0.5) is 16.3 Å². The molecule has 9 nitrogen and oxygen atoms in total. The Bertz CT molecular complexity index is 1070. The summed E-state index contributed by atoms with van der Waals surface area (Å²) in [6.45, 7) is 13.9. The summed E-state index contributed by atoms with van der Waals surface area (Å²) in [7, 11) is 0.539. The number of anilines is 2. The zero-order valence-electron chi connectivity index (χ0n) is 22.2. The van der Waals surface area contributed by atoms with Crippen molar-refractivity contribution in [3.05, 3.63) is 40.4 Å². The Morgan fingerprint density at radius 3 is 2.63 bits per heavy atom. The molecule has 3 rings (SSSR count). The fraction of sp³-hybridized carbons (Fsp3) is 0.640. The van der Waals surface area contributed by atoms with Gasteiger partial charge in [-0.1, -0.05) is 19.6 Å². The van der Waals surface area contributed by atoms with E-state index in [9.17, 15) is 9.59 Å². The lowest BCUT2D eigenvalue weighted by molar-refractivity contribution is 0.0749. The molecule has 0 spiro atoms. The van der Waals surface area contributed by atoms with Gasteiger partial charge in [-0.05, 0) is 52.1 Å². The van der Waals surface area contributed by atoms with Crippen molar-refractivity contribution in [1.82, 2.24) is 19.7 Å². The number of rotatable bonds is 9. The number of hydrogen-bond donors (Lipinski definition) is 2. The van der Waals surface area contributed by atoms with Crippen LogP contribution in [0.1, 0.15) is 51.6 Å². The number of amides is 1. The van der Waals surface area contributed by atoms with E-state index >= 15 is 0 Å². The molecular formula is C25H41N5O4Si. The topological polar surface area (TPSA) is 99.4 Å². The van der Waals surface area contributed by atoms with Gasteiger partial charge in [0.2, 0.25) is 5.56 Å². The minimum absolute atomic E-state index is 0.0648. The van der Waals surface area contributed by atoms with E-state index in [4.69, 9.17) is 14.6 Å². The van der Waals surface area contributed by atoms with E-state index in [-0.39, 0.29) is 29.2 Å². The Morgan fingerprint density at radius 2 is 1.97 bits per heavy atom. The van der Waals surface area contributed by atoms with E-state index in [2.05, 4.69) is 30.3 Å². The number of alkyl carbamates (subject to hydrolysis) is 1. The number of aryl methyl sites for hydroxylation is 1. The van der Waals surface area contributed by atoms with Crippen LogP contribution in [0.2, 0.25) is 25.7 Å². The fourth-order valence-corrected chi connectivity index (χ4v) is 4.83. The fourth-order valence-electron chi connectivity index (χ4n) is 4.07. The van der Waals surface area contributed by atoms with Gasteiger partial charge in [-0.3, -0.25) is 4.79 Å². The number of pyridine rings is 1. The molecule has 1 aliphatic carbocycles. The summed E-state index contributed by atoms with van der Waals surface area (Å²) in [5.74, 6) is 0.911. The second-order valence-electron chi connectivity index (χ2n) is 11.7. The van der Waals surface area contributed by atoms with Gasteiger partial charge in [0.25, 0.3) is 0 Å². The van der Waals surface area contributed by atoms with Crippen molar-refractivity contribution < 1.29 is 14.3 Å². The van der Waals surface area contributed by atoms with Gasteiger partial charge < -0.3 is 24.7 Å². The first-order chi connectivity index (χ1) is 16.3. The lowest BCUT2D eigenvalue weighted by atomic mass is 10.0. The van der Waals surface area contributed by atoms with E-state index in [0.29, 0.717) is 19.2 Å². The van der Waals surface area contributed by atoms with E-state index in [1.807, 2.05) is 31.5 Å². The summed E-state index contributed by atoms with van der Waals surface area (Å²) in [5.41, 5.74) is 1.45. The van der Waals surface area contributed by atoms with Gasteiger partial charge in [0, 0.05) is 57.2 Å². The molecule has 0 aromatic carbocycles. The summed E-state index contributed by atoms with van der Waals surface area (Å²) >= 11 is 0. The SMILES string of the molecule is Cn1cc(Nc2cc(C3CCC(OC(=O)NC(C)(C)C)C3)n(COCC[Si](C)(C)C)n2)ccc1=O. The average molecular weight is 504 g/mol. The number of carbonyl (C=O) groups excluding carboxylic acids is 1. The van der Waals surface area contributed by atoms with Crippen LogP contribution < -0.4 is 16.2 Å². The van der Waals surface area contributed by atoms with Gasteiger partial charge in [0.05, 0.1) is 5.69 Å². The Labute approximate surface area is 209 Å². The van der Waals surface area contributed by atoms with Crippen molar-refractivity contribution in [2.75, 3.05) is 11.9 Å². The molecule has 2 atom stereocenters. The first-order valence-electron chi connectivity index (χ1n) is 12.4. The van der Waals surface area contributed by atoms with Gasteiger partial charge in [-0.2, -0.15) is 5.10 Å². The van der Waals surface area contributed by atoms with Gasteiger partial charge in [-0.25, -0.2) is 9.48 Å². The molecule has 2 N–H and O–H groups in total. The van der Waals surface area contributed by atoms with Gasteiger partial charge in [0.15, 0.2) is 5.82 Å². The molecule has 35 heavy (non-hydrogen) atoms. The molecule has 1 amide bonds. The van der Waals surface area contributed by atoms with Gasteiger partial charge in [0.1, 0.15) is 12.8 Å². The van der Waals surface area contributed by atoms with Crippen LogP contribution in [-0.4, -0.2) is 46.8 Å². The van der Waals surface area contributed by atoms with Crippen molar-refractivity contribution >= 4 is 25.7 Å². The summed E-state index contributed by atoms with van der Waals surface area (Å²) in [4.78, 5) is 24.0. The van der Waals surface area contributed by atoms with E-state index < -0.39 is 8.07 Å². The number of carbonyl (C=O) groups is 1. The monoisotopic (exact) mass is 503 g/mol. The number of ether oxygens (including phenoxy) is 2. The highest BCUT2D eigenvalue weighted by Gasteiger charge is 2.32. The van der Waals surface area contributed by atoms with Crippen LogP contribution in [0.15, 0.2) is 29.2 Å². The zero-order chi connectivity index (χ0) is 25.8. The van der Waals surface area contributed by atoms with Crippen LogP contribution in [-0.2, 0) is 23.3 Å². The standard InChI is InChI=1S/C25H41N5O4Si/c1-25(2,3)27-24(32)34-20-10-8-18(14-20)21-15-22(26-19-9-11-23(31)29(4)16-19)28-30(21)17-33-12-13-35(5,6)7/h9,11,15-16,18,20H,8,10,12-14,17H2,1-7H3,(H,26,28)(H,27,32). The first-order valence-corrected chi connectivity index (χ1v) is 16.1. The van der Waals surface area contributed by atoms with Gasteiger partial charge in [-0.15, -0.1) is 0 Å². The second-order valence-corrected chi connectivity index (χ2v) is 17.3. The van der Waals surface area contributed by atoms with Crippen molar-refractivity contribution in [1.29, 1.82) is 0 Å². The third-order valence-electron chi connectivity index (χ3n) is 5.93. The molecular weight excluding hydrogens is 462 g/mol. The summed E-state index contributed by atoms with van der Waals surface area (Å²) < 4.78 is 15.1. The molecule has 1 saturated carbocycles. The van der Waals surface area contributed by atoms with E-state index in [1.54, 1.807) is 19.3 Å². The zero-order valence-corrected chi connectivity index (χ0v) is 23.2. The molecule has 2 aromatic rings. The van der Waals surface area contributed by atoms with Crippen molar-refractivity contribution in [3.63, 3.8) is 0 Å². The van der Waals surface area contributed by atoms with E-state index in [0.717, 1.165) is 36.7 Å². The smallest absolute Gasteiger partial charge is 0.407 e. The molecule has 2 heterocycles. The number of nitrogens with zero attached hydrogens (tertiary/aromatic N) is 3. The Kier molecular flexibility index (Phi) is 8.48. The highest BCUT2D eigenvalue weighted by atomic mass is 28.3. The molecule has 0 saturated heterocycles. The Hall–Kier alpha value is -2.59.